The van der Waals surface area contributed by atoms with Gasteiger partial charge in [0.15, 0.2) is 0 Å². The average molecular weight is 393 g/mol. The molecule has 0 fully saturated rings. The fourth-order valence-corrected chi connectivity index (χ4v) is 4.61. The lowest BCUT2D eigenvalue weighted by molar-refractivity contribution is 0.767. The lowest BCUT2D eigenvalue weighted by Crippen LogP contribution is -2.26. The highest BCUT2D eigenvalue weighted by molar-refractivity contribution is 5.94. The Morgan fingerprint density at radius 3 is 2.60 bits per heavy atom. The van der Waals surface area contributed by atoms with E-state index in [1.54, 1.807) is 10.9 Å². The van der Waals surface area contributed by atoms with Gasteiger partial charge >= 0.3 is 0 Å². The second-order valence-corrected chi connectivity index (χ2v) is 7.78. The molecule has 2 heterocycles. The summed E-state index contributed by atoms with van der Waals surface area (Å²) in [6.07, 6.45) is 7.57. The van der Waals surface area contributed by atoms with E-state index in [9.17, 15) is 4.79 Å². The molecular formula is C26H23N3O. The molecule has 30 heavy (non-hydrogen) atoms. The fraction of sp³-hybridized carbons (Fsp3) is 0.231. The van der Waals surface area contributed by atoms with Gasteiger partial charge in [-0.15, -0.1) is 0 Å². The zero-order valence-corrected chi connectivity index (χ0v) is 17.3. The van der Waals surface area contributed by atoms with Gasteiger partial charge in [-0.05, 0) is 60.4 Å². The number of benzene rings is 2. The van der Waals surface area contributed by atoms with Gasteiger partial charge in [0.25, 0.3) is 5.56 Å². The molecule has 0 radical (unpaired) electrons. The van der Waals surface area contributed by atoms with Crippen LogP contribution in [0, 0.1) is 11.8 Å². The van der Waals surface area contributed by atoms with Crippen LogP contribution in [-0.2, 0) is 26.3 Å². The van der Waals surface area contributed by atoms with E-state index in [1.165, 1.54) is 11.1 Å². The number of pyridine rings is 1. The van der Waals surface area contributed by atoms with Crippen molar-refractivity contribution in [2.75, 3.05) is 0 Å². The van der Waals surface area contributed by atoms with Crippen LogP contribution in [0.5, 0.6) is 0 Å². The molecule has 4 aromatic rings. The fourth-order valence-electron chi connectivity index (χ4n) is 4.61. The summed E-state index contributed by atoms with van der Waals surface area (Å²) in [7, 11) is 1.87. The van der Waals surface area contributed by atoms with Crippen molar-refractivity contribution in [3.63, 3.8) is 0 Å². The third-order valence-electron chi connectivity index (χ3n) is 5.90. The molecule has 0 saturated heterocycles. The van der Waals surface area contributed by atoms with Gasteiger partial charge in [0.05, 0.1) is 17.1 Å². The Bertz CT molecular complexity index is 1380. The van der Waals surface area contributed by atoms with Crippen molar-refractivity contribution in [1.82, 2.24) is 14.3 Å². The maximum Gasteiger partial charge on any atom is 0.264 e. The predicted molar refractivity (Wildman–Crippen MR) is 120 cm³/mol. The van der Waals surface area contributed by atoms with Crippen molar-refractivity contribution in [3.8, 4) is 17.5 Å². The van der Waals surface area contributed by atoms with E-state index >= 15 is 0 Å². The summed E-state index contributed by atoms with van der Waals surface area (Å²) in [5.74, 6) is 6.44. The number of rotatable bonds is 2. The molecule has 0 amide bonds. The highest BCUT2D eigenvalue weighted by atomic mass is 16.1. The monoisotopic (exact) mass is 393 g/mol. The Morgan fingerprint density at radius 2 is 1.87 bits per heavy atom. The van der Waals surface area contributed by atoms with Gasteiger partial charge in [0, 0.05) is 30.2 Å². The number of hydrogen-bond donors (Lipinski definition) is 0. The summed E-state index contributed by atoms with van der Waals surface area (Å²) in [4.78, 5) is 13.9. The van der Waals surface area contributed by atoms with E-state index in [0.29, 0.717) is 0 Å². The summed E-state index contributed by atoms with van der Waals surface area (Å²) < 4.78 is 3.64. The van der Waals surface area contributed by atoms with Gasteiger partial charge in [0.1, 0.15) is 0 Å². The zero-order chi connectivity index (χ0) is 20.7. The molecule has 2 aromatic carbocycles. The molecular weight excluding hydrogens is 370 g/mol. The van der Waals surface area contributed by atoms with Gasteiger partial charge in [-0.3, -0.25) is 14.0 Å². The normalized spacial score (nSPS) is 12.6. The second-order valence-electron chi connectivity index (χ2n) is 7.78. The third-order valence-corrected chi connectivity index (χ3v) is 5.90. The van der Waals surface area contributed by atoms with Crippen LogP contribution in [0.15, 0.2) is 59.7 Å². The minimum Gasteiger partial charge on any atom is -0.280 e. The molecule has 2 aromatic heterocycles. The third kappa shape index (κ3) is 2.95. The summed E-state index contributed by atoms with van der Waals surface area (Å²) >= 11 is 0. The van der Waals surface area contributed by atoms with Crippen LogP contribution in [0.1, 0.15) is 41.3 Å². The summed E-state index contributed by atoms with van der Waals surface area (Å²) in [5, 5.41) is 6.07. The molecule has 0 saturated carbocycles. The van der Waals surface area contributed by atoms with Crippen molar-refractivity contribution >= 4 is 10.8 Å². The second kappa shape index (κ2) is 7.35. The van der Waals surface area contributed by atoms with Gasteiger partial charge < -0.3 is 0 Å². The summed E-state index contributed by atoms with van der Waals surface area (Å²) in [5.41, 5.74) is 6.27. The smallest absolute Gasteiger partial charge is 0.264 e. The van der Waals surface area contributed by atoms with Crippen molar-refractivity contribution in [2.24, 2.45) is 7.05 Å². The highest BCUT2D eigenvalue weighted by Crippen LogP contribution is 2.33. The van der Waals surface area contributed by atoms with Gasteiger partial charge in [-0.25, -0.2) is 0 Å². The van der Waals surface area contributed by atoms with E-state index in [2.05, 4.69) is 29.9 Å². The van der Waals surface area contributed by atoms with Crippen LogP contribution in [0.2, 0.25) is 0 Å². The van der Waals surface area contributed by atoms with E-state index in [0.717, 1.165) is 59.0 Å². The first-order valence-corrected chi connectivity index (χ1v) is 10.5. The molecule has 0 N–H and O–H groups in total. The van der Waals surface area contributed by atoms with E-state index in [1.807, 2.05) is 54.2 Å². The molecule has 0 atom stereocenters. The Hall–Kier alpha value is -3.58. The predicted octanol–water partition coefficient (Wildman–Crippen LogP) is 4.18. The molecule has 0 spiro atoms. The topological polar surface area (TPSA) is 39.8 Å². The Balaban J connectivity index is 1.86. The van der Waals surface area contributed by atoms with Crippen LogP contribution in [0.3, 0.4) is 0 Å². The summed E-state index contributed by atoms with van der Waals surface area (Å²) in [6.45, 7) is 2.14. The minimum absolute atomic E-state index is 0.0241. The number of hydrogen-bond acceptors (Lipinski definition) is 2. The average Bonchev–Trinajstić information content (AvgIpc) is 3.20. The van der Waals surface area contributed by atoms with Gasteiger partial charge in [-0.1, -0.05) is 43.0 Å². The molecule has 0 bridgehead atoms. The molecule has 148 valence electrons. The molecule has 4 nitrogen and oxygen atoms in total. The Labute approximate surface area is 175 Å². The van der Waals surface area contributed by atoms with Gasteiger partial charge in [0.2, 0.25) is 0 Å². The molecule has 5 rings (SSSR count). The van der Waals surface area contributed by atoms with Crippen LogP contribution in [0.4, 0.5) is 0 Å². The minimum atomic E-state index is 0.0241. The van der Waals surface area contributed by atoms with Crippen molar-refractivity contribution in [3.05, 3.63) is 93.2 Å². The largest absolute Gasteiger partial charge is 0.280 e. The first-order valence-electron chi connectivity index (χ1n) is 10.5. The Kier molecular flexibility index (Phi) is 4.52. The number of aryl methyl sites for hydroxylation is 3. The van der Waals surface area contributed by atoms with Crippen molar-refractivity contribution in [2.45, 2.75) is 32.6 Å². The van der Waals surface area contributed by atoms with Crippen LogP contribution in [0.25, 0.3) is 16.5 Å². The molecule has 0 unspecified atom stereocenters. The number of aromatic nitrogens is 3. The first-order chi connectivity index (χ1) is 14.7. The van der Waals surface area contributed by atoms with Gasteiger partial charge in [-0.2, -0.15) is 5.10 Å². The summed E-state index contributed by atoms with van der Waals surface area (Å²) in [6, 6.07) is 14.1. The molecule has 1 aliphatic rings. The molecule has 4 heteroatoms. The van der Waals surface area contributed by atoms with E-state index in [-0.39, 0.29) is 5.56 Å². The van der Waals surface area contributed by atoms with E-state index < -0.39 is 0 Å². The lowest BCUT2D eigenvalue weighted by Gasteiger charge is -2.24. The maximum atomic E-state index is 13.9. The number of nitrogens with zero attached hydrogens (tertiary/aromatic N) is 3. The maximum absolute atomic E-state index is 13.9. The number of para-hydroxylation sites is 1. The lowest BCUT2D eigenvalue weighted by atomic mass is 9.85. The quantitative estimate of drug-likeness (QED) is 0.480. The molecule has 1 aliphatic carbocycles. The first kappa shape index (κ1) is 18.4. The van der Waals surface area contributed by atoms with Crippen LogP contribution < -0.4 is 5.56 Å². The van der Waals surface area contributed by atoms with Crippen molar-refractivity contribution < 1.29 is 0 Å². The van der Waals surface area contributed by atoms with Crippen molar-refractivity contribution in [1.29, 1.82) is 0 Å². The van der Waals surface area contributed by atoms with E-state index in [4.69, 9.17) is 0 Å². The zero-order valence-electron chi connectivity index (χ0n) is 17.3. The van der Waals surface area contributed by atoms with Crippen LogP contribution in [-0.4, -0.2) is 14.3 Å². The molecule has 0 aliphatic heterocycles. The SMILES string of the molecule is CCc1c2c3c(ccc(C#Cc4cnn(C)c4)c3c(=O)n1-c1ccccc1)CCC2. The van der Waals surface area contributed by atoms with Crippen LogP contribution >= 0.6 is 0 Å². The standard InChI is InChI=1S/C26H23N3O/c1-3-23-22-11-7-8-19-14-15-20(13-12-18-16-27-28(2)17-18)25(24(19)22)26(30)29(23)21-9-5-4-6-10-21/h4-6,9-10,14-17H,3,7-8,11H2,1-2H3. The Morgan fingerprint density at radius 1 is 1.03 bits per heavy atom. The highest BCUT2D eigenvalue weighted by Gasteiger charge is 2.23.